The highest BCUT2D eigenvalue weighted by Crippen LogP contribution is 2.26. The van der Waals surface area contributed by atoms with Crippen molar-refractivity contribution in [3.05, 3.63) is 54.9 Å². The Kier molecular flexibility index (Phi) is 6.27. The highest BCUT2D eigenvalue weighted by molar-refractivity contribution is 5.69. The molecule has 3 heterocycles. The van der Waals surface area contributed by atoms with Gasteiger partial charge in [0.15, 0.2) is 6.23 Å². The summed E-state index contributed by atoms with van der Waals surface area (Å²) in [4.78, 5) is 22.3. The fourth-order valence-corrected chi connectivity index (χ4v) is 4.32. The van der Waals surface area contributed by atoms with Gasteiger partial charge in [0, 0.05) is 63.3 Å². The number of likely N-dealkylation sites (tertiary alicyclic amines) is 1. The number of rotatable bonds is 6. The fraction of sp³-hybridized carbons (Fsp3) is 0.455. The van der Waals surface area contributed by atoms with Crippen molar-refractivity contribution in [2.75, 3.05) is 44.2 Å². The number of nitrogens with zero attached hydrogens (tertiary/aromatic N) is 4. The maximum absolute atomic E-state index is 11.3. The van der Waals surface area contributed by atoms with Gasteiger partial charge in [-0.25, -0.2) is 0 Å². The van der Waals surface area contributed by atoms with Crippen LogP contribution >= 0.6 is 0 Å². The highest BCUT2D eigenvalue weighted by Gasteiger charge is 2.35. The van der Waals surface area contributed by atoms with E-state index in [0.717, 1.165) is 51.3 Å². The molecule has 2 aromatic rings. The monoisotopic (exact) mass is 396 g/mol. The van der Waals surface area contributed by atoms with Gasteiger partial charge in [-0.05, 0) is 30.7 Å². The molecular formula is C22H28N4O3. The third-order valence-electron chi connectivity index (χ3n) is 5.84. The Hall–Kier alpha value is -2.64. The van der Waals surface area contributed by atoms with Gasteiger partial charge in [0.1, 0.15) is 5.75 Å². The summed E-state index contributed by atoms with van der Waals surface area (Å²) in [5.41, 5.74) is 1.22. The van der Waals surface area contributed by atoms with Crippen molar-refractivity contribution in [3.63, 3.8) is 0 Å². The van der Waals surface area contributed by atoms with Crippen molar-refractivity contribution >= 4 is 11.7 Å². The number of anilines is 1. The summed E-state index contributed by atoms with van der Waals surface area (Å²) >= 11 is 0. The molecule has 0 radical (unpaired) electrons. The van der Waals surface area contributed by atoms with Crippen molar-refractivity contribution in [2.24, 2.45) is 0 Å². The van der Waals surface area contributed by atoms with E-state index in [-0.39, 0.29) is 12.8 Å². The molecule has 7 nitrogen and oxygen atoms in total. The lowest BCUT2D eigenvalue weighted by molar-refractivity contribution is -0.142. The van der Waals surface area contributed by atoms with Gasteiger partial charge in [-0.3, -0.25) is 19.6 Å². The van der Waals surface area contributed by atoms with Gasteiger partial charge in [0.25, 0.3) is 0 Å². The Morgan fingerprint density at radius 3 is 2.45 bits per heavy atom. The molecule has 2 fully saturated rings. The highest BCUT2D eigenvalue weighted by atomic mass is 16.5. The number of ether oxygens (including phenoxy) is 1. The van der Waals surface area contributed by atoms with Crippen molar-refractivity contribution in [3.8, 4) is 5.75 Å². The molecule has 2 saturated heterocycles. The van der Waals surface area contributed by atoms with Crippen LogP contribution in [0.4, 0.5) is 5.69 Å². The molecule has 4 rings (SSSR count). The summed E-state index contributed by atoms with van der Waals surface area (Å²) in [5, 5.41) is 9.28. The van der Waals surface area contributed by atoms with Crippen LogP contribution in [0.1, 0.15) is 12.8 Å². The average molecular weight is 396 g/mol. The van der Waals surface area contributed by atoms with Gasteiger partial charge in [-0.2, -0.15) is 0 Å². The molecule has 0 bridgehead atoms. The summed E-state index contributed by atoms with van der Waals surface area (Å²) in [7, 11) is 0. The molecule has 7 heteroatoms. The van der Waals surface area contributed by atoms with E-state index >= 15 is 0 Å². The van der Waals surface area contributed by atoms with E-state index < -0.39 is 5.97 Å². The molecule has 0 saturated carbocycles. The number of carboxylic acid groups (broad SMARTS) is 1. The van der Waals surface area contributed by atoms with Gasteiger partial charge in [-0.15, -0.1) is 0 Å². The first-order valence-corrected chi connectivity index (χ1v) is 10.3. The van der Waals surface area contributed by atoms with Crippen molar-refractivity contribution < 1.29 is 14.6 Å². The number of aliphatic carboxylic acids is 1. The molecule has 1 aromatic carbocycles. The number of piperazine rings is 1. The second-order valence-electron chi connectivity index (χ2n) is 7.66. The third-order valence-corrected chi connectivity index (χ3v) is 5.84. The van der Waals surface area contributed by atoms with Gasteiger partial charge in [0.2, 0.25) is 0 Å². The van der Waals surface area contributed by atoms with Crippen molar-refractivity contribution in [1.29, 1.82) is 0 Å². The molecular weight excluding hydrogens is 368 g/mol. The maximum atomic E-state index is 11.3. The standard InChI is InChI=1S/C22H28N4O3/c27-22(28)17-26-11-8-19(16-21(26)29-20-4-2-1-3-5-20)25-14-12-24(13-15-25)18-6-9-23-10-7-18/h1-7,9-10,19,21H,8,11-17H2,(H,27,28). The van der Waals surface area contributed by atoms with Crippen LogP contribution in [-0.4, -0.2) is 77.4 Å². The van der Waals surface area contributed by atoms with Crippen LogP contribution in [0.15, 0.2) is 54.9 Å². The largest absolute Gasteiger partial charge is 0.480 e. The molecule has 154 valence electrons. The molecule has 2 aliphatic rings. The predicted octanol–water partition coefficient (Wildman–Crippen LogP) is 2.16. The Morgan fingerprint density at radius 2 is 1.76 bits per heavy atom. The lowest BCUT2D eigenvalue weighted by atomic mass is 10.00. The number of pyridine rings is 1. The summed E-state index contributed by atoms with van der Waals surface area (Å²) in [6, 6.07) is 14.2. The zero-order valence-corrected chi connectivity index (χ0v) is 16.6. The second-order valence-corrected chi connectivity index (χ2v) is 7.66. The van der Waals surface area contributed by atoms with E-state index in [1.165, 1.54) is 5.69 Å². The molecule has 0 amide bonds. The zero-order chi connectivity index (χ0) is 20.1. The Labute approximate surface area is 171 Å². The zero-order valence-electron chi connectivity index (χ0n) is 16.6. The molecule has 2 aliphatic heterocycles. The summed E-state index contributed by atoms with van der Waals surface area (Å²) in [5.74, 6) is -0.0212. The topological polar surface area (TPSA) is 69.1 Å². The lowest BCUT2D eigenvalue weighted by Gasteiger charge is -2.45. The number of hydrogen-bond donors (Lipinski definition) is 1. The lowest BCUT2D eigenvalue weighted by Crippen LogP contribution is -2.57. The SMILES string of the molecule is O=C(O)CN1CCC(N2CCN(c3ccncc3)CC2)CC1Oc1ccccc1. The quantitative estimate of drug-likeness (QED) is 0.802. The van der Waals surface area contributed by atoms with Crippen LogP contribution < -0.4 is 9.64 Å². The molecule has 1 N–H and O–H groups in total. The van der Waals surface area contributed by atoms with Crippen LogP contribution in [0.5, 0.6) is 5.75 Å². The van der Waals surface area contributed by atoms with E-state index in [9.17, 15) is 9.90 Å². The van der Waals surface area contributed by atoms with E-state index in [0.29, 0.717) is 6.04 Å². The molecule has 0 spiro atoms. The van der Waals surface area contributed by atoms with Crippen LogP contribution in [-0.2, 0) is 4.79 Å². The first-order chi connectivity index (χ1) is 14.2. The summed E-state index contributed by atoms with van der Waals surface area (Å²) in [6.45, 7) is 4.74. The minimum absolute atomic E-state index is 0.0139. The number of carboxylic acids is 1. The first kappa shape index (κ1) is 19.7. The molecule has 2 atom stereocenters. The number of hydrogen-bond acceptors (Lipinski definition) is 6. The molecule has 2 unspecified atom stereocenters. The fourth-order valence-electron chi connectivity index (χ4n) is 4.32. The van der Waals surface area contributed by atoms with E-state index in [2.05, 4.69) is 26.9 Å². The smallest absolute Gasteiger partial charge is 0.317 e. The van der Waals surface area contributed by atoms with Crippen LogP contribution in [0, 0.1) is 0 Å². The molecule has 29 heavy (non-hydrogen) atoms. The Balaban J connectivity index is 1.38. The average Bonchev–Trinajstić information content (AvgIpc) is 2.76. The number of aromatic nitrogens is 1. The second kappa shape index (κ2) is 9.24. The number of piperidine rings is 1. The first-order valence-electron chi connectivity index (χ1n) is 10.3. The van der Waals surface area contributed by atoms with Gasteiger partial charge < -0.3 is 14.7 Å². The number of para-hydroxylation sites is 1. The summed E-state index contributed by atoms with van der Waals surface area (Å²) in [6.07, 6.45) is 5.25. The maximum Gasteiger partial charge on any atom is 0.317 e. The minimum Gasteiger partial charge on any atom is -0.480 e. The van der Waals surface area contributed by atoms with Crippen molar-refractivity contribution in [1.82, 2.24) is 14.8 Å². The normalized spacial score (nSPS) is 23.7. The minimum atomic E-state index is -0.809. The van der Waals surface area contributed by atoms with Gasteiger partial charge in [-0.1, -0.05) is 18.2 Å². The number of carbonyl (C=O) groups is 1. The van der Waals surface area contributed by atoms with Crippen LogP contribution in [0.2, 0.25) is 0 Å². The molecule has 0 aliphatic carbocycles. The number of benzene rings is 1. The van der Waals surface area contributed by atoms with Crippen LogP contribution in [0.3, 0.4) is 0 Å². The molecule has 1 aromatic heterocycles. The summed E-state index contributed by atoms with van der Waals surface area (Å²) < 4.78 is 6.20. The Bertz CT molecular complexity index is 781. The van der Waals surface area contributed by atoms with E-state index in [1.54, 1.807) is 0 Å². The van der Waals surface area contributed by atoms with E-state index in [4.69, 9.17) is 4.74 Å². The van der Waals surface area contributed by atoms with Gasteiger partial charge >= 0.3 is 5.97 Å². The Morgan fingerprint density at radius 1 is 1.03 bits per heavy atom. The predicted molar refractivity (Wildman–Crippen MR) is 111 cm³/mol. The van der Waals surface area contributed by atoms with Crippen molar-refractivity contribution in [2.45, 2.75) is 25.1 Å². The third kappa shape index (κ3) is 5.05. The van der Waals surface area contributed by atoms with Gasteiger partial charge in [0.05, 0.1) is 6.54 Å². The van der Waals surface area contributed by atoms with E-state index in [1.807, 2.05) is 47.6 Å². The van der Waals surface area contributed by atoms with Crippen LogP contribution in [0.25, 0.3) is 0 Å².